The summed E-state index contributed by atoms with van der Waals surface area (Å²) < 4.78 is 22.2. The number of ether oxygens (including phenoxy) is 4. The molecule has 0 spiro atoms. The maximum atomic E-state index is 5.83. The highest BCUT2D eigenvalue weighted by atomic mass is 16.5. The van der Waals surface area contributed by atoms with Crippen molar-refractivity contribution in [2.24, 2.45) is 4.99 Å². The Morgan fingerprint density at radius 2 is 1.22 bits per heavy atom. The van der Waals surface area contributed by atoms with Crippen molar-refractivity contribution < 1.29 is 18.9 Å². The van der Waals surface area contributed by atoms with E-state index in [2.05, 4.69) is 11.9 Å². The van der Waals surface area contributed by atoms with Crippen LogP contribution in [0.25, 0.3) is 0 Å². The molecule has 5 nitrogen and oxygen atoms in total. The molecule has 0 bridgehead atoms. The van der Waals surface area contributed by atoms with Crippen LogP contribution < -0.4 is 9.47 Å². The van der Waals surface area contributed by atoms with E-state index >= 15 is 0 Å². The molecule has 32 heavy (non-hydrogen) atoms. The van der Waals surface area contributed by atoms with Gasteiger partial charge in [0.2, 0.25) is 0 Å². The third-order valence-corrected chi connectivity index (χ3v) is 4.92. The second-order valence-electron chi connectivity index (χ2n) is 7.60. The summed E-state index contributed by atoms with van der Waals surface area (Å²) in [6.45, 7) is 8.01. The minimum Gasteiger partial charge on any atom is -0.494 e. The predicted octanol–water partition coefficient (Wildman–Crippen LogP) is 6.61. The summed E-state index contributed by atoms with van der Waals surface area (Å²) in [5.74, 6) is 1.73. The van der Waals surface area contributed by atoms with Crippen LogP contribution >= 0.6 is 0 Å². The second kappa shape index (κ2) is 17.2. The Morgan fingerprint density at radius 3 is 1.94 bits per heavy atom. The Morgan fingerprint density at radius 1 is 0.625 bits per heavy atom. The van der Waals surface area contributed by atoms with E-state index in [0.29, 0.717) is 33.0 Å². The summed E-state index contributed by atoms with van der Waals surface area (Å²) in [5, 5.41) is 0. The minimum atomic E-state index is 0.521. The van der Waals surface area contributed by atoms with Crippen molar-refractivity contribution in [2.45, 2.75) is 52.4 Å². The van der Waals surface area contributed by atoms with Gasteiger partial charge in [-0.15, -0.1) is 0 Å². The van der Waals surface area contributed by atoms with Crippen molar-refractivity contribution in [3.63, 3.8) is 0 Å². The first-order valence-electron chi connectivity index (χ1n) is 12.0. The van der Waals surface area contributed by atoms with Gasteiger partial charge in [0.05, 0.1) is 32.1 Å². The van der Waals surface area contributed by atoms with Crippen molar-refractivity contribution in [1.82, 2.24) is 0 Å². The Bertz CT molecular complexity index is 665. The molecule has 0 unspecified atom stereocenters. The molecule has 0 aliphatic heterocycles. The van der Waals surface area contributed by atoms with Crippen LogP contribution in [0, 0.1) is 0 Å². The summed E-state index contributed by atoms with van der Waals surface area (Å²) in [6.07, 6.45) is 9.49. The van der Waals surface area contributed by atoms with Gasteiger partial charge in [-0.05, 0) is 67.4 Å². The fourth-order valence-corrected chi connectivity index (χ4v) is 3.08. The van der Waals surface area contributed by atoms with Crippen LogP contribution in [-0.4, -0.2) is 45.9 Å². The average molecular weight is 442 g/mol. The van der Waals surface area contributed by atoms with Gasteiger partial charge < -0.3 is 18.9 Å². The molecule has 0 aliphatic rings. The maximum Gasteiger partial charge on any atom is 0.119 e. The lowest BCUT2D eigenvalue weighted by Gasteiger charge is -2.07. The lowest BCUT2D eigenvalue weighted by atomic mass is 10.1. The minimum absolute atomic E-state index is 0.521. The van der Waals surface area contributed by atoms with Gasteiger partial charge >= 0.3 is 0 Å². The molecule has 2 rings (SSSR count). The van der Waals surface area contributed by atoms with Crippen molar-refractivity contribution >= 4 is 11.9 Å². The second-order valence-corrected chi connectivity index (χ2v) is 7.60. The van der Waals surface area contributed by atoms with Crippen LogP contribution in [-0.2, 0) is 9.47 Å². The molecule has 0 saturated heterocycles. The molecule has 0 aliphatic carbocycles. The highest BCUT2D eigenvalue weighted by Crippen LogP contribution is 2.19. The van der Waals surface area contributed by atoms with Gasteiger partial charge in [0.1, 0.15) is 18.1 Å². The average Bonchev–Trinajstić information content (AvgIpc) is 2.83. The van der Waals surface area contributed by atoms with Gasteiger partial charge in [0, 0.05) is 12.8 Å². The Labute approximate surface area is 193 Å². The molecule has 0 atom stereocenters. The maximum absolute atomic E-state index is 5.83. The molecule has 0 heterocycles. The zero-order valence-corrected chi connectivity index (χ0v) is 19.8. The molecule has 0 saturated carbocycles. The first-order chi connectivity index (χ1) is 15.8. The Balaban J connectivity index is 1.64. The van der Waals surface area contributed by atoms with Crippen molar-refractivity contribution in [1.29, 1.82) is 0 Å². The number of hydrogen-bond acceptors (Lipinski definition) is 5. The van der Waals surface area contributed by atoms with Crippen molar-refractivity contribution in [2.75, 3.05) is 39.6 Å². The summed E-state index contributed by atoms with van der Waals surface area (Å²) in [7, 11) is 0. The van der Waals surface area contributed by atoms with Crippen molar-refractivity contribution in [3.8, 4) is 11.5 Å². The van der Waals surface area contributed by atoms with E-state index in [1.165, 1.54) is 32.1 Å². The van der Waals surface area contributed by atoms with Crippen LogP contribution in [0.5, 0.6) is 11.5 Å². The molecule has 0 fully saturated rings. The third kappa shape index (κ3) is 11.9. The summed E-state index contributed by atoms with van der Waals surface area (Å²) >= 11 is 0. The molecular weight excluding hydrogens is 402 g/mol. The number of benzene rings is 2. The smallest absolute Gasteiger partial charge is 0.119 e. The quantitative estimate of drug-likeness (QED) is 0.193. The summed E-state index contributed by atoms with van der Waals surface area (Å²) in [4.78, 5) is 4.54. The van der Waals surface area contributed by atoms with Gasteiger partial charge in [0.15, 0.2) is 0 Å². The highest BCUT2D eigenvalue weighted by Gasteiger charge is 1.97. The van der Waals surface area contributed by atoms with E-state index in [1.807, 2.05) is 61.7 Å². The molecule has 0 N–H and O–H groups in total. The first kappa shape index (κ1) is 25.9. The van der Waals surface area contributed by atoms with Gasteiger partial charge in [-0.2, -0.15) is 0 Å². The molecular formula is C27H39NO4. The topological polar surface area (TPSA) is 49.3 Å². The number of aliphatic imine (C=N–C) groups is 1. The van der Waals surface area contributed by atoms with Crippen LogP contribution in [0.4, 0.5) is 5.69 Å². The Hall–Kier alpha value is -2.37. The SMILES string of the molecule is CCCCCCCCOc1ccc(N=Cc2ccc(OCCOCCOCC)cc2)cc1. The van der Waals surface area contributed by atoms with Crippen LogP contribution in [0.3, 0.4) is 0 Å². The molecule has 0 amide bonds. The van der Waals surface area contributed by atoms with Crippen LogP contribution in [0.1, 0.15) is 57.9 Å². The number of hydrogen-bond donors (Lipinski definition) is 0. The van der Waals surface area contributed by atoms with E-state index in [-0.39, 0.29) is 0 Å². The van der Waals surface area contributed by atoms with E-state index < -0.39 is 0 Å². The van der Waals surface area contributed by atoms with Crippen LogP contribution in [0.15, 0.2) is 53.5 Å². The van der Waals surface area contributed by atoms with E-state index in [1.54, 1.807) is 0 Å². The third-order valence-electron chi connectivity index (χ3n) is 4.92. The fourth-order valence-electron chi connectivity index (χ4n) is 3.08. The predicted molar refractivity (Wildman–Crippen MR) is 132 cm³/mol. The molecule has 176 valence electrons. The first-order valence-corrected chi connectivity index (χ1v) is 12.0. The lowest BCUT2D eigenvalue weighted by Crippen LogP contribution is -2.10. The van der Waals surface area contributed by atoms with Gasteiger partial charge in [0.25, 0.3) is 0 Å². The monoisotopic (exact) mass is 441 g/mol. The number of unbranched alkanes of at least 4 members (excludes halogenated alkanes) is 5. The van der Waals surface area contributed by atoms with Crippen molar-refractivity contribution in [3.05, 3.63) is 54.1 Å². The summed E-state index contributed by atoms with van der Waals surface area (Å²) in [6, 6.07) is 15.8. The molecule has 2 aromatic rings. The molecule has 0 radical (unpaired) electrons. The largest absolute Gasteiger partial charge is 0.494 e. The normalized spacial score (nSPS) is 11.2. The fraction of sp³-hybridized carbons (Fsp3) is 0.519. The van der Waals surface area contributed by atoms with E-state index in [0.717, 1.165) is 35.8 Å². The zero-order valence-electron chi connectivity index (χ0n) is 19.8. The molecule has 2 aromatic carbocycles. The zero-order chi connectivity index (χ0) is 22.7. The van der Waals surface area contributed by atoms with Gasteiger partial charge in [-0.1, -0.05) is 39.0 Å². The number of rotatable bonds is 18. The Kier molecular flexibility index (Phi) is 13.9. The highest BCUT2D eigenvalue weighted by molar-refractivity contribution is 5.82. The van der Waals surface area contributed by atoms with Crippen LogP contribution in [0.2, 0.25) is 0 Å². The molecule has 0 aromatic heterocycles. The molecule has 5 heteroatoms. The van der Waals surface area contributed by atoms with Gasteiger partial charge in [-0.3, -0.25) is 4.99 Å². The van der Waals surface area contributed by atoms with E-state index in [9.17, 15) is 0 Å². The summed E-state index contributed by atoms with van der Waals surface area (Å²) in [5.41, 5.74) is 1.93. The number of nitrogens with zero attached hydrogens (tertiary/aromatic N) is 1. The standard InChI is InChI=1S/C27H39NO4/c1-3-5-6-7-8-9-18-31-27-16-12-25(13-17-27)28-23-24-10-14-26(15-11-24)32-22-21-30-20-19-29-4-2/h10-17,23H,3-9,18-22H2,1-2H3. The lowest BCUT2D eigenvalue weighted by molar-refractivity contribution is 0.0405. The van der Waals surface area contributed by atoms with E-state index in [4.69, 9.17) is 18.9 Å². The van der Waals surface area contributed by atoms with Gasteiger partial charge in [-0.25, -0.2) is 0 Å².